The topological polar surface area (TPSA) is 200 Å². The summed E-state index contributed by atoms with van der Waals surface area (Å²) in [6.07, 6.45) is 8.87. The summed E-state index contributed by atoms with van der Waals surface area (Å²) in [5, 5.41) is 7.45. The first kappa shape index (κ1) is 39.9. The molecule has 58 heavy (non-hydrogen) atoms. The maximum Gasteiger partial charge on any atom is 0.407 e. The molecule has 0 aliphatic carbocycles. The molecule has 5 heterocycles. The highest BCUT2D eigenvalue weighted by Crippen LogP contribution is 2.35. The highest BCUT2D eigenvalue weighted by Gasteiger charge is 2.39. The summed E-state index contributed by atoms with van der Waals surface area (Å²) in [5.41, 5.74) is 4.76. The number of aromatic nitrogens is 6. The molecule has 16 nitrogen and oxygen atoms in total. The van der Waals surface area contributed by atoms with Crippen molar-refractivity contribution >= 4 is 34.8 Å². The van der Waals surface area contributed by atoms with Crippen molar-refractivity contribution in [1.82, 2.24) is 50.3 Å². The Balaban J connectivity index is 1.02. The van der Waals surface area contributed by atoms with E-state index < -0.39 is 24.3 Å². The van der Waals surface area contributed by atoms with Crippen molar-refractivity contribution < 1.29 is 28.7 Å². The minimum atomic E-state index is -0.709. The van der Waals surface area contributed by atoms with Gasteiger partial charge >= 0.3 is 12.2 Å². The van der Waals surface area contributed by atoms with Gasteiger partial charge in [0, 0.05) is 24.2 Å². The molecule has 0 radical (unpaired) electrons. The number of hydrogen-bond donors (Lipinski definition) is 4. The number of carbonyl (C=O) groups is 4. The van der Waals surface area contributed by atoms with Crippen LogP contribution >= 0.6 is 0 Å². The Labute approximate surface area is 336 Å². The van der Waals surface area contributed by atoms with Crippen LogP contribution in [0.25, 0.3) is 44.7 Å². The van der Waals surface area contributed by atoms with Crippen LogP contribution in [-0.2, 0) is 19.1 Å². The van der Waals surface area contributed by atoms with Gasteiger partial charge in [-0.25, -0.2) is 19.6 Å². The number of fused-ring (bicyclic) bond motifs is 1. The van der Waals surface area contributed by atoms with Crippen molar-refractivity contribution in [2.75, 3.05) is 27.3 Å². The van der Waals surface area contributed by atoms with Crippen molar-refractivity contribution in [3.05, 3.63) is 72.8 Å². The summed E-state index contributed by atoms with van der Waals surface area (Å²) in [7, 11) is 2.57. The second-order valence-corrected chi connectivity index (χ2v) is 15.5. The van der Waals surface area contributed by atoms with Crippen molar-refractivity contribution in [3.63, 3.8) is 0 Å². The first-order valence-electron chi connectivity index (χ1n) is 19.7. The van der Waals surface area contributed by atoms with Gasteiger partial charge in [0.05, 0.1) is 68.2 Å². The normalized spacial score (nSPS) is 17.8. The van der Waals surface area contributed by atoms with E-state index in [4.69, 9.17) is 24.4 Å². The highest BCUT2D eigenvalue weighted by atomic mass is 16.5. The molecule has 304 valence electrons. The number of likely N-dealkylation sites (tertiary alicyclic amines) is 2. The lowest BCUT2D eigenvalue weighted by molar-refractivity contribution is -0.136. The largest absolute Gasteiger partial charge is 0.453 e. The molecule has 1 unspecified atom stereocenters. The number of imidazole rings is 2. The minimum absolute atomic E-state index is 0.112. The van der Waals surface area contributed by atoms with Gasteiger partial charge < -0.3 is 39.9 Å². The molecular weight excluding hydrogens is 741 g/mol. The third-order valence-electron chi connectivity index (χ3n) is 11.1. The summed E-state index contributed by atoms with van der Waals surface area (Å²) >= 11 is 0. The Bertz CT molecular complexity index is 2290. The number of benzene rings is 2. The van der Waals surface area contributed by atoms with Gasteiger partial charge in [0.1, 0.15) is 29.4 Å². The number of aromatic amines is 2. The molecule has 0 saturated carbocycles. The maximum atomic E-state index is 13.6. The van der Waals surface area contributed by atoms with Gasteiger partial charge in [0.25, 0.3) is 0 Å². The van der Waals surface area contributed by atoms with Crippen LogP contribution in [0.3, 0.4) is 0 Å². The molecular formula is C42H50N10O6. The molecule has 4 amide bonds. The van der Waals surface area contributed by atoms with E-state index in [0.29, 0.717) is 36.1 Å². The zero-order valence-electron chi connectivity index (χ0n) is 33.6. The second kappa shape index (κ2) is 17.0. The fraction of sp³-hybridized carbons (Fsp3) is 0.429. The average molecular weight is 791 g/mol. The lowest BCUT2D eigenvalue weighted by Gasteiger charge is -2.30. The summed E-state index contributed by atoms with van der Waals surface area (Å²) in [4.78, 5) is 80.1. The summed E-state index contributed by atoms with van der Waals surface area (Å²) < 4.78 is 9.51. The van der Waals surface area contributed by atoms with Crippen LogP contribution in [0.1, 0.15) is 77.1 Å². The zero-order chi connectivity index (χ0) is 41.1. The fourth-order valence-corrected chi connectivity index (χ4v) is 7.86. The Kier molecular flexibility index (Phi) is 11.7. The SMILES string of the molecule is COC(=O)N[C@H](C(=O)N1CCCC1c1ncc(-c2ccc3cc(-c4cnc(-c5cnc([C@@H]6CCCN6C(=O)[C@@H](NC(=O)OC)C(C)C)[nH]5)cn4)ccc3c2)[nH]1)C(C)C. The number of H-pyrrole nitrogens is 2. The molecule has 2 fully saturated rings. The molecule has 5 aromatic rings. The molecule has 0 bridgehead atoms. The van der Waals surface area contributed by atoms with Crippen LogP contribution < -0.4 is 10.6 Å². The first-order chi connectivity index (χ1) is 27.9. The molecule has 7 rings (SSSR count). The van der Waals surface area contributed by atoms with E-state index in [1.54, 1.807) is 34.6 Å². The smallest absolute Gasteiger partial charge is 0.407 e. The lowest BCUT2D eigenvalue weighted by atomic mass is 10.0. The van der Waals surface area contributed by atoms with E-state index in [2.05, 4.69) is 49.9 Å². The lowest BCUT2D eigenvalue weighted by Crippen LogP contribution is -2.51. The van der Waals surface area contributed by atoms with E-state index >= 15 is 0 Å². The number of rotatable bonds is 11. The van der Waals surface area contributed by atoms with E-state index in [0.717, 1.165) is 59.0 Å². The Morgan fingerprint density at radius 2 is 1.10 bits per heavy atom. The van der Waals surface area contributed by atoms with E-state index in [1.165, 1.54) is 14.2 Å². The summed E-state index contributed by atoms with van der Waals surface area (Å²) in [5.74, 6) is 0.826. The van der Waals surface area contributed by atoms with Gasteiger partial charge in [-0.05, 0) is 60.4 Å². The Morgan fingerprint density at radius 1 is 0.638 bits per heavy atom. The monoisotopic (exact) mass is 790 g/mol. The second-order valence-electron chi connectivity index (χ2n) is 15.5. The van der Waals surface area contributed by atoms with Gasteiger partial charge in [-0.1, -0.05) is 52.0 Å². The van der Waals surface area contributed by atoms with Crippen LogP contribution in [0.5, 0.6) is 0 Å². The van der Waals surface area contributed by atoms with Crippen LogP contribution in [0, 0.1) is 11.8 Å². The molecule has 16 heteroatoms. The van der Waals surface area contributed by atoms with Crippen LogP contribution in [0.15, 0.2) is 61.2 Å². The quantitative estimate of drug-likeness (QED) is 0.120. The van der Waals surface area contributed by atoms with Crippen molar-refractivity contribution in [2.45, 2.75) is 77.5 Å². The number of ether oxygens (including phenoxy) is 2. The first-order valence-corrected chi connectivity index (χ1v) is 19.7. The summed E-state index contributed by atoms with van der Waals surface area (Å²) in [6.45, 7) is 8.72. The number of carbonyl (C=O) groups excluding carboxylic acids is 4. The molecule has 4 atom stereocenters. The van der Waals surface area contributed by atoms with Crippen LogP contribution in [-0.4, -0.2) is 103 Å². The number of hydrogen-bond acceptors (Lipinski definition) is 10. The van der Waals surface area contributed by atoms with E-state index in [1.807, 2.05) is 39.8 Å². The average Bonchev–Trinajstić information content (AvgIpc) is 4.07. The third kappa shape index (κ3) is 8.22. The van der Waals surface area contributed by atoms with Crippen molar-refractivity contribution in [1.29, 1.82) is 0 Å². The number of nitrogens with zero attached hydrogens (tertiary/aromatic N) is 6. The molecule has 3 aromatic heterocycles. The van der Waals surface area contributed by atoms with Crippen LogP contribution in [0.4, 0.5) is 9.59 Å². The predicted molar refractivity (Wildman–Crippen MR) is 216 cm³/mol. The molecule has 0 spiro atoms. The van der Waals surface area contributed by atoms with Gasteiger partial charge in [-0.2, -0.15) is 0 Å². The summed E-state index contributed by atoms with van der Waals surface area (Å²) in [6, 6.07) is 10.5. The van der Waals surface area contributed by atoms with Crippen molar-refractivity contribution in [2.24, 2.45) is 11.8 Å². The molecule has 4 N–H and O–H groups in total. The molecule has 2 aliphatic rings. The number of amides is 4. The molecule has 2 aliphatic heterocycles. The van der Waals surface area contributed by atoms with E-state index in [-0.39, 0.29) is 35.7 Å². The van der Waals surface area contributed by atoms with Gasteiger partial charge in [-0.3, -0.25) is 19.6 Å². The van der Waals surface area contributed by atoms with Gasteiger partial charge in [0.15, 0.2) is 0 Å². The minimum Gasteiger partial charge on any atom is -0.453 e. The van der Waals surface area contributed by atoms with Crippen LogP contribution in [0.2, 0.25) is 0 Å². The standard InChI is InChI=1S/C42H50N10O6/c1-23(2)35(49-41(55)57-5)39(53)51-15-7-9-33(51)37-45-20-30(47-37)28-14-12-25-17-27(13-11-26(25)18-28)29-19-44-31(21-43-29)32-22-46-38(48-32)34-10-8-16-52(34)40(54)36(24(3)4)50-42(56)58-6/h11-14,17-24,33-36H,7-10,15-16H2,1-6H3,(H,45,47)(H,46,48)(H,49,55)(H,50,56)/t33?,34-,35-,36-/m0/s1. The highest BCUT2D eigenvalue weighted by molar-refractivity contribution is 5.90. The number of nitrogens with one attached hydrogen (secondary N) is 4. The van der Waals surface area contributed by atoms with Gasteiger partial charge in [0.2, 0.25) is 11.8 Å². The third-order valence-corrected chi connectivity index (χ3v) is 11.1. The predicted octanol–water partition coefficient (Wildman–Crippen LogP) is 6.17. The Hall–Kier alpha value is -6.32. The van der Waals surface area contributed by atoms with Crippen molar-refractivity contribution in [3.8, 4) is 33.9 Å². The van der Waals surface area contributed by atoms with E-state index in [9.17, 15) is 19.2 Å². The number of alkyl carbamates (subject to hydrolysis) is 2. The molecule has 2 aromatic carbocycles. The number of methoxy groups -OCH3 is 2. The zero-order valence-corrected chi connectivity index (χ0v) is 33.6. The van der Waals surface area contributed by atoms with Gasteiger partial charge in [-0.15, -0.1) is 0 Å². The maximum absolute atomic E-state index is 13.6. The Morgan fingerprint density at radius 3 is 1.60 bits per heavy atom. The fourth-order valence-electron chi connectivity index (χ4n) is 7.86. The molecule has 2 saturated heterocycles.